The van der Waals surface area contributed by atoms with Gasteiger partial charge in [-0.2, -0.15) is 0 Å². The van der Waals surface area contributed by atoms with E-state index >= 15 is 0 Å². The van der Waals surface area contributed by atoms with Crippen LogP contribution in [0.1, 0.15) is 30.2 Å². The number of benzene rings is 2. The van der Waals surface area contributed by atoms with Crippen LogP contribution in [0.4, 0.5) is 10.5 Å². The third-order valence-electron chi connectivity index (χ3n) is 4.40. The lowest BCUT2D eigenvalue weighted by Gasteiger charge is -2.23. The molecule has 0 aliphatic heterocycles. The maximum atomic E-state index is 12.4. The predicted molar refractivity (Wildman–Crippen MR) is 90.5 cm³/mol. The van der Waals surface area contributed by atoms with Crippen molar-refractivity contribution in [1.29, 1.82) is 0 Å². The highest BCUT2D eigenvalue weighted by atomic mass is 16.3. The van der Waals surface area contributed by atoms with Crippen molar-refractivity contribution in [3.8, 4) is 0 Å². The Balaban J connectivity index is 1.53. The van der Waals surface area contributed by atoms with Gasteiger partial charge in [0.1, 0.15) is 5.76 Å². The summed E-state index contributed by atoms with van der Waals surface area (Å²) >= 11 is 0. The molecule has 1 atom stereocenters. The first kappa shape index (κ1) is 13.9. The van der Waals surface area contributed by atoms with Gasteiger partial charge in [0.25, 0.3) is 0 Å². The quantitative estimate of drug-likeness (QED) is 0.725. The van der Waals surface area contributed by atoms with Crippen LogP contribution in [-0.4, -0.2) is 6.03 Å². The van der Waals surface area contributed by atoms with E-state index < -0.39 is 0 Å². The van der Waals surface area contributed by atoms with E-state index in [0.29, 0.717) is 0 Å². The number of anilines is 1. The molecule has 0 saturated carbocycles. The van der Waals surface area contributed by atoms with E-state index in [1.165, 1.54) is 0 Å². The lowest BCUT2D eigenvalue weighted by Crippen LogP contribution is -2.34. The van der Waals surface area contributed by atoms with Gasteiger partial charge in [-0.1, -0.05) is 36.4 Å². The van der Waals surface area contributed by atoms with Crippen LogP contribution in [0.2, 0.25) is 0 Å². The molecular weight excluding hydrogens is 288 g/mol. The van der Waals surface area contributed by atoms with Crippen molar-refractivity contribution in [2.24, 2.45) is 0 Å². The summed E-state index contributed by atoms with van der Waals surface area (Å²) in [6, 6.07) is 15.7. The van der Waals surface area contributed by atoms with Crippen LogP contribution in [0, 0.1) is 0 Å². The molecule has 0 radical (unpaired) electrons. The van der Waals surface area contributed by atoms with E-state index in [0.717, 1.165) is 47.0 Å². The molecular formula is C19H18N2O2. The third kappa shape index (κ3) is 2.68. The molecule has 4 rings (SSSR count). The first-order chi connectivity index (χ1) is 11.3. The summed E-state index contributed by atoms with van der Waals surface area (Å²) in [5.41, 5.74) is 1.92. The van der Waals surface area contributed by atoms with Crippen molar-refractivity contribution in [2.75, 3.05) is 5.32 Å². The van der Waals surface area contributed by atoms with Crippen LogP contribution in [0.15, 0.2) is 59.2 Å². The number of rotatable bonds is 2. The monoisotopic (exact) mass is 306 g/mol. The fourth-order valence-electron chi connectivity index (χ4n) is 3.29. The maximum Gasteiger partial charge on any atom is 0.319 e. The summed E-state index contributed by atoms with van der Waals surface area (Å²) in [4.78, 5) is 12.4. The van der Waals surface area contributed by atoms with Crippen molar-refractivity contribution < 1.29 is 9.21 Å². The van der Waals surface area contributed by atoms with Crippen LogP contribution in [-0.2, 0) is 6.42 Å². The first-order valence-electron chi connectivity index (χ1n) is 7.93. The average Bonchev–Trinajstić information content (AvgIpc) is 3.05. The van der Waals surface area contributed by atoms with Gasteiger partial charge in [-0.3, -0.25) is 0 Å². The van der Waals surface area contributed by atoms with Crippen molar-refractivity contribution in [2.45, 2.75) is 25.3 Å². The predicted octanol–water partition coefficient (Wildman–Crippen LogP) is 4.63. The average molecular weight is 306 g/mol. The smallest absolute Gasteiger partial charge is 0.319 e. The fourth-order valence-corrected chi connectivity index (χ4v) is 3.29. The van der Waals surface area contributed by atoms with E-state index in [1.807, 2.05) is 48.5 Å². The third-order valence-corrected chi connectivity index (χ3v) is 4.40. The van der Waals surface area contributed by atoms with Crippen LogP contribution in [0.25, 0.3) is 10.8 Å². The largest absolute Gasteiger partial charge is 0.469 e. The second kappa shape index (κ2) is 5.80. The van der Waals surface area contributed by atoms with Gasteiger partial charge in [-0.15, -0.1) is 0 Å². The molecule has 2 amide bonds. The minimum Gasteiger partial charge on any atom is -0.469 e. The SMILES string of the molecule is O=C(Nc1cccc2ccccc12)NC1CCCc2occc21. The molecule has 0 bridgehead atoms. The zero-order valence-corrected chi connectivity index (χ0v) is 12.7. The number of hydrogen-bond donors (Lipinski definition) is 2. The van der Waals surface area contributed by atoms with E-state index in [9.17, 15) is 4.79 Å². The summed E-state index contributed by atoms with van der Waals surface area (Å²) < 4.78 is 5.47. The van der Waals surface area contributed by atoms with E-state index in [-0.39, 0.29) is 12.1 Å². The van der Waals surface area contributed by atoms with Gasteiger partial charge in [0.05, 0.1) is 18.0 Å². The number of hydrogen-bond acceptors (Lipinski definition) is 2. The van der Waals surface area contributed by atoms with Crippen molar-refractivity contribution >= 4 is 22.5 Å². The highest BCUT2D eigenvalue weighted by molar-refractivity contribution is 6.01. The Kier molecular flexibility index (Phi) is 3.50. The molecule has 23 heavy (non-hydrogen) atoms. The number of aryl methyl sites for hydroxylation is 1. The number of carbonyl (C=O) groups excluding carboxylic acids is 1. The Hall–Kier alpha value is -2.75. The van der Waals surface area contributed by atoms with E-state index in [2.05, 4.69) is 10.6 Å². The molecule has 2 N–H and O–H groups in total. The van der Waals surface area contributed by atoms with Gasteiger partial charge in [0, 0.05) is 17.4 Å². The molecule has 1 unspecified atom stereocenters. The van der Waals surface area contributed by atoms with Gasteiger partial charge in [-0.25, -0.2) is 4.79 Å². The molecule has 116 valence electrons. The minimum absolute atomic E-state index is 0.0208. The Morgan fingerprint density at radius 3 is 2.91 bits per heavy atom. The minimum atomic E-state index is -0.180. The number of fused-ring (bicyclic) bond motifs is 2. The lowest BCUT2D eigenvalue weighted by atomic mass is 9.93. The topological polar surface area (TPSA) is 54.3 Å². The Morgan fingerprint density at radius 2 is 1.96 bits per heavy atom. The van der Waals surface area contributed by atoms with E-state index in [1.54, 1.807) is 6.26 Å². The molecule has 1 heterocycles. The van der Waals surface area contributed by atoms with Crippen LogP contribution in [0.3, 0.4) is 0 Å². The normalized spacial score (nSPS) is 16.8. The van der Waals surface area contributed by atoms with Gasteiger partial charge in [-0.05, 0) is 30.4 Å². The summed E-state index contributed by atoms with van der Waals surface area (Å²) in [5.74, 6) is 0.992. The van der Waals surface area contributed by atoms with E-state index in [4.69, 9.17) is 4.42 Å². The second-order valence-electron chi connectivity index (χ2n) is 5.87. The van der Waals surface area contributed by atoms with Crippen molar-refractivity contribution in [1.82, 2.24) is 5.32 Å². The molecule has 4 heteroatoms. The first-order valence-corrected chi connectivity index (χ1v) is 7.93. The fraction of sp³-hybridized carbons (Fsp3) is 0.211. The Labute approximate surface area is 134 Å². The van der Waals surface area contributed by atoms with Gasteiger partial charge < -0.3 is 15.1 Å². The molecule has 0 saturated heterocycles. The summed E-state index contributed by atoms with van der Waals surface area (Å²) in [7, 11) is 0. The number of amides is 2. The molecule has 0 fully saturated rings. The maximum absolute atomic E-state index is 12.4. The Bertz CT molecular complexity index is 848. The summed E-state index contributed by atoms with van der Waals surface area (Å²) in [5, 5.41) is 8.19. The van der Waals surface area contributed by atoms with Gasteiger partial charge in [0.2, 0.25) is 0 Å². The molecule has 3 aromatic rings. The van der Waals surface area contributed by atoms with Gasteiger partial charge in [0.15, 0.2) is 0 Å². The van der Waals surface area contributed by atoms with Crippen molar-refractivity contribution in [3.05, 3.63) is 66.1 Å². The molecule has 1 aliphatic carbocycles. The summed E-state index contributed by atoms with van der Waals surface area (Å²) in [6.45, 7) is 0. The van der Waals surface area contributed by atoms with Crippen LogP contribution < -0.4 is 10.6 Å². The van der Waals surface area contributed by atoms with Crippen LogP contribution >= 0.6 is 0 Å². The standard InChI is InChI=1S/C19H18N2O2/c22-19(21-17-9-4-10-18-15(17)11-12-23-18)20-16-8-3-6-13-5-1-2-7-14(13)16/h1-3,5-8,11-12,17H,4,9-10H2,(H2,20,21,22). The molecule has 1 aliphatic rings. The lowest BCUT2D eigenvalue weighted by molar-refractivity contribution is 0.246. The zero-order valence-electron chi connectivity index (χ0n) is 12.7. The second-order valence-corrected chi connectivity index (χ2v) is 5.87. The molecule has 4 nitrogen and oxygen atoms in total. The number of furan rings is 1. The highest BCUT2D eigenvalue weighted by Crippen LogP contribution is 2.30. The van der Waals surface area contributed by atoms with Crippen LogP contribution in [0.5, 0.6) is 0 Å². The molecule has 1 aromatic heterocycles. The Morgan fingerprint density at radius 1 is 1.09 bits per heavy atom. The number of nitrogens with one attached hydrogen (secondary N) is 2. The number of urea groups is 1. The summed E-state index contributed by atoms with van der Waals surface area (Å²) in [6.07, 6.45) is 4.62. The molecule has 2 aromatic carbocycles. The number of carbonyl (C=O) groups is 1. The van der Waals surface area contributed by atoms with Crippen molar-refractivity contribution in [3.63, 3.8) is 0 Å². The highest BCUT2D eigenvalue weighted by Gasteiger charge is 2.24. The van der Waals surface area contributed by atoms with Gasteiger partial charge >= 0.3 is 6.03 Å². The zero-order chi connectivity index (χ0) is 15.6. The molecule has 0 spiro atoms.